The van der Waals surface area contributed by atoms with E-state index in [2.05, 4.69) is 21.2 Å². The lowest BCUT2D eigenvalue weighted by Crippen LogP contribution is -2.46. The molecule has 0 radical (unpaired) electrons. The number of rotatable bonds is 4. The van der Waals surface area contributed by atoms with Crippen LogP contribution in [0.1, 0.15) is 23.2 Å². The van der Waals surface area contributed by atoms with E-state index in [0.717, 1.165) is 0 Å². The first kappa shape index (κ1) is 15.9. The van der Waals surface area contributed by atoms with Gasteiger partial charge in [0.15, 0.2) is 0 Å². The van der Waals surface area contributed by atoms with Crippen LogP contribution >= 0.6 is 15.9 Å². The molecule has 4 N–H and O–H groups in total. The van der Waals surface area contributed by atoms with E-state index < -0.39 is 11.4 Å². The highest BCUT2D eigenvalue weighted by Gasteiger charge is 2.38. The van der Waals surface area contributed by atoms with E-state index in [1.54, 1.807) is 6.07 Å². The van der Waals surface area contributed by atoms with Crippen LogP contribution < -0.4 is 11.1 Å². The Morgan fingerprint density at radius 2 is 2.05 bits per heavy atom. The lowest BCUT2D eigenvalue weighted by Gasteiger charge is -2.34. The molecule has 1 aliphatic rings. The molecule has 0 atom stereocenters. The van der Waals surface area contributed by atoms with Crippen LogP contribution in [0.25, 0.3) is 0 Å². The molecule has 0 unspecified atom stereocenters. The van der Waals surface area contributed by atoms with Crippen LogP contribution in [-0.2, 0) is 9.53 Å². The van der Waals surface area contributed by atoms with Crippen molar-refractivity contribution in [2.24, 2.45) is 11.1 Å². The van der Waals surface area contributed by atoms with Crippen molar-refractivity contribution in [2.45, 2.75) is 12.8 Å². The summed E-state index contributed by atoms with van der Waals surface area (Å²) in [6.45, 7) is 1.29. The van der Waals surface area contributed by atoms with Gasteiger partial charge < -0.3 is 20.9 Å². The molecule has 1 aliphatic heterocycles. The molecule has 1 saturated heterocycles. The third kappa shape index (κ3) is 3.42. The lowest BCUT2D eigenvalue weighted by molar-refractivity contribution is -0.130. The van der Waals surface area contributed by atoms with Crippen LogP contribution in [0.2, 0.25) is 0 Å². The number of halogens is 1. The highest BCUT2D eigenvalue weighted by atomic mass is 79.9. The largest absolute Gasteiger partial charge is 0.478 e. The third-order valence-electron chi connectivity index (χ3n) is 3.79. The first-order valence-corrected chi connectivity index (χ1v) is 7.40. The van der Waals surface area contributed by atoms with Gasteiger partial charge in [0.1, 0.15) is 0 Å². The normalized spacial score (nSPS) is 17.2. The maximum atomic E-state index is 12.5. The highest BCUT2D eigenvalue weighted by Crippen LogP contribution is 2.32. The van der Waals surface area contributed by atoms with Gasteiger partial charge in [-0.25, -0.2) is 4.79 Å². The Bertz CT molecular complexity index is 556. The molecule has 0 aliphatic carbocycles. The van der Waals surface area contributed by atoms with E-state index in [1.807, 2.05) is 0 Å². The van der Waals surface area contributed by atoms with Crippen molar-refractivity contribution in [3.05, 3.63) is 28.2 Å². The van der Waals surface area contributed by atoms with Crippen LogP contribution in [0.3, 0.4) is 0 Å². The standard InChI is InChI=1S/C14H17BrN2O4/c15-10-7-9(12(18)19)1-2-11(10)17-13(20)14(8-16)3-5-21-6-4-14/h1-2,7H,3-6,8,16H2,(H,17,20)(H,18,19). The number of benzene rings is 1. The molecule has 0 aromatic heterocycles. The molecule has 1 heterocycles. The second-order valence-electron chi connectivity index (χ2n) is 5.05. The first-order valence-electron chi connectivity index (χ1n) is 6.61. The maximum absolute atomic E-state index is 12.5. The van der Waals surface area contributed by atoms with E-state index in [9.17, 15) is 9.59 Å². The highest BCUT2D eigenvalue weighted by molar-refractivity contribution is 9.10. The molecule has 1 aromatic carbocycles. The average Bonchev–Trinajstić information content (AvgIpc) is 2.49. The number of carboxylic acid groups (broad SMARTS) is 1. The summed E-state index contributed by atoms with van der Waals surface area (Å²) in [6, 6.07) is 4.47. The van der Waals surface area contributed by atoms with Crippen molar-refractivity contribution in [2.75, 3.05) is 25.1 Å². The zero-order valence-electron chi connectivity index (χ0n) is 11.4. The number of carbonyl (C=O) groups excluding carboxylic acids is 1. The summed E-state index contributed by atoms with van der Waals surface area (Å²) in [6.07, 6.45) is 1.17. The fourth-order valence-electron chi connectivity index (χ4n) is 2.29. The number of nitrogens with two attached hydrogens (primary N) is 1. The van der Waals surface area contributed by atoms with Gasteiger partial charge in [0.2, 0.25) is 5.91 Å². The van der Waals surface area contributed by atoms with Gasteiger partial charge in [-0.15, -0.1) is 0 Å². The summed E-state index contributed by atoms with van der Waals surface area (Å²) in [7, 11) is 0. The lowest BCUT2D eigenvalue weighted by atomic mass is 9.79. The number of anilines is 1. The molecule has 0 spiro atoms. The van der Waals surface area contributed by atoms with E-state index in [1.165, 1.54) is 12.1 Å². The van der Waals surface area contributed by atoms with Gasteiger partial charge in [0.25, 0.3) is 0 Å². The number of carbonyl (C=O) groups is 2. The van der Waals surface area contributed by atoms with E-state index in [-0.39, 0.29) is 18.0 Å². The molecule has 1 amide bonds. The zero-order chi connectivity index (χ0) is 15.5. The SMILES string of the molecule is NCC1(C(=O)Nc2ccc(C(=O)O)cc2Br)CCOCC1. The predicted molar refractivity (Wildman–Crippen MR) is 81.3 cm³/mol. The first-order chi connectivity index (χ1) is 9.98. The van der Waals surface area contributed by atoms with Gasteiger partial charge in [-0.1, -0.05) is 0 Å². The Kier molecular flexibility index (Phi) is 4.97. The molecule has 114 valence electrons. The summed E-state index contributed by atoms with van der Waals surface area (Å²) >= 11 is 3.27. The van der Waals surface area contributed by atoms with Crippen molar-refractivity contribution in [3.8, 4) is 0 Å². The van der Waals surface area contributed by atoms with Gasteiger partial charge in [0, 0.05) is 24.2 Å². The topological polar surface area (TPSA) is 102 Å². The van der Waals surface area contributed by atoms with Crippen molar-refractivity contribution < 1.29 is 19.4 Å². The number of nitrogens with one attached hydrogen (secondary N) is 1. The van der Waals surface area contributed by atoms with Gasteiger partial charge in [-0.3, -0.25) is 4.79 Å². The molecule has 7 heteroatoms. The number of hydrogen-bond donors (Lipinski definition) is 3. The van der Waals surface area contributed by atoms with Crippen LogP contribution in [0.4, 0.5) is 5.69 Å². The van der Waals surface area contributed by atoms with Crippen LogP contribution in [-0.4, -0.2) is 36.7 Å². The van der Waals surface area contributed by atoms with Gasteiger partial charge in [-0.05, 0) is 47.0 Å². The van der Waals surface area contributed by atoms with Crippen LogP contribution in [0.15, 0.2) is 22.7 Å². The summed E-state index contributed by atoms with van der Waals surface area (Å²) in [5.74, 6) is -1.17. The molecule has 0 saturated carbocycles. The average molecular weight is 357 g/mol. The van der Waals surface area contributed by atoms with Crippen molar-refractivity contribution in [1.29, 1.82) is 0 Å². The minimum absolute atomic E-state index is 0.152. The summed E-state index contributed by atoms with van der Waals surface area (Å²) in [5.41, 5.74) is 5.85. The van der Waals surface area contributed by atoms with Crippen LogP contribution in [0.5, 0.6) is 0 Å². The molecular weight excluding hydrogens is 340 g/mol. The minimum Gasteiger partial charge on any atom is -0.478 e. The summed E-state index contributed by atoms with van der Waals surface area (Å²) in [4.78, 5) is 23.4. The minimum atomic E-state index is -1.02. The Morgan fingerprint density at radius 1 is 1.38 bits per heavy atom. The quantitative estimate of drug-likeness (QED) is 0.763. The summed E-state index contributed by atoms with van der Waals surface area (Å²) in [5, 5.41) is 11.7. The Balaban J connectivity index is 2.17. The number of ether oxygens (including phenoxy) is 1. The predicted octanol–water partition coefficient (Wildman–Crippen LogP) is 1.84. The number of carboxylic acids is 1. The monoisotopic (exact) mass is 356 g/mol. The van der Waals surface area contributed by atoms with Gasteiger partial charge >= 0.3 is 5.97 Å². The Morgan fingerprint density at radius 3 is 2.57 bits per heavy atom. The third-order valence-corrected chi connectivity index (χ3v) is 4.44. The fraction of sp³-hybridized carbons (Fsp3) is 0.429. The second kappa shape index (κ2) is 6.55. The number of hydrogen-bond acceptors (Lipinski definition) is 4. The van der Waals surface area contributed by atoms with E-state index in [4.69, 9.17) is 15.6 Å². The number of aromatic carboxylic acids is 1. The Hall–Kier alpha value is -1.44. The number of amides is 1. The molecular formula is C14H17BrN2O4. The zero-order valence-corrected chi connectivity index (χ0v) is 13.0. The Labute approximate surface area is 130 Å². The smallest absolute Gasteiger partial charge is 0.335 e. The molecule has 2 rings (SSSR count). The molecule has 21 heavy (non-hydrogen) atoms. The maximum Gasteiger partial charge on any atom is 0.335 e. The molecule has 6 nitrogen and oxygen atoms in total. The second-order valence-corrected chi connectivity index (χ2v) is 5.91. The van der Waals surface area contributed by atoms with Crippen LogP contribution in [0, 0.1) is 5.41 Å². The van der Waals surface area contributed by atoms with Gasteiger partial charge in [-0.2, -0.15) is 0 Å². The van der Waals surface area contributed by atoms with Crippen molar-refractivity contribution in [1.82, 2.24) is 0 Å². The van der Waals surface area contributed by atoms with Crippen molar-refractivity contribution >= 4 is 33.5 Å². The van der Waals surface area contributed by atoms with Crippen molar-refractivity contribution in [3.63, 3.8) is 0 Å². The van der Waals surface area contributed by atoms with E-state index >= 15 is 0 Å². The van der Waals surface area contributed by atoms with Gasteiger partial charge in [0.05, 0.1) is 16.7 Å². The fourth-order valence-corrected chi connectivity index (χ4v) is 2.77. The summed E-state index contributed by atoms with van der Waals surface area (Å²) < 4.78 is 5.81. The molecule has 1 aromatic rings. The van der Waals surface area contributed by atoms with E-state index in [0.29, 0.717) is 36.2 Å². The molecule has 1 fully saturated rings. The molecule has 0 bridgehead atoms.